The van der Waals surface area contributed by atoms with E-state index in [2.05, 4.69) is 0 Å². The van der Waals surface area contributed by atoms with Gasteiger partial charge in [-0.05, 0) is 31.4 Å². The van der Waals surface area contributed by atoms with Gasteiger partial charge >= 0.3 is 0 Å². The van der Waals surface area contributed by atoms with Crippen molar-refractivity contribution in [3.8, 4) is 0 Å². The fourth-order valence-electron chi connectivity index (χ4n) is 1.91. The third-order valence-corrected chi connectivity index (χ3v) is 2.31. The second-order valence-electron chi connectivity index (χ2n) is 4.47. The maximum absolute atomic E-state index is 13.4. The Morgan fingerprint density at radius 3 is 2.13 bits per heavy atom. The molecule has 0 aliphatic rings. The lowest BCUT2D eigenvalue weighted by Gasteiger charge is -2.26. The molecule has 1 atom stereocenters. The number of hydrogen-bond donors (Lipinski definition) is 1. The molecule has 1 aromatic carbocycles. The van der Waals surface area contributed by atoms with Crippen LogP contribution in [0.4, 0.5) is 8.78 Å². The molecule has 0 aromatic heterocycles. The minimum Gasteiger partial charge on any atom is -0.385 e. The van der Waals surface area contributed by atoms with Crippen molar-refractivity contribution in [2.45, 2.75) is 32.8 Å². The topological polar surface area (TPSA) is 20.2 Å². The Bertz CT molecular complexity index is 325. The van der Waals surface area contributed by atoms with Crippen LogP contribution in [0.2, 0.25) is 0 Å². The summed E-state index contributed by atoms with van der Waals surface area (Å²) in [7, 11) is 0. The highest BCUT2D eigenvalue weighted by Gasteiger charge is 2.30. The molecule has 15 heavy (non-hydrogen) atoms. The number of aliphatic hydroxyl groups is 1. The van der Waals surface area contributed by atoms with Crippen LogP contribution in [0.3, 0.4) is 0 Å². The van der Waals surface area contributed by atoms with E-state index in [1.165, 1.54) is 13.0 Å². The van der Waals surface area contributed by atoms with Gasteiger partial charge in [-0.15, -0.1) is 0 Å². The van der Waals surface area contributed by atoms with Crippen molar-refractivity contribution in [1.82, 2.24) is 0 Å². The molecule has 1 unspecified atom stereocenters. The summed E-state index contributed by atoms with van der Waals surface area (Å²) in [6, 6.07) is 3.61. The second-order valence-corrected chi connectivity index (χ2v) is 4.47. The van der Waals surface area contributed by atoms with E-state index in [1.54, 1.807) is 0 Å². The quantitative estimate of drug-likeness (QED) is 0.819. The van der Waals surface area contributed by atoms with Crippen molar-refractivity contribution < 1.29 is 13.9 Å². The third-order valence-electron chi connectivity index (χ3n) is 2.31. The average molecular weight is 214 g/mol. The summed E-state index contributed by atoms with van der Waals surface area (Å²) in [5.74, 6) is -1.22. The van der Waals surface area contributed by atoms with Crippen molar-refractivity contribution in [1.29, 1.82) is 0 Å². The van der Waals surface area contributed by atoms with E-state index in [0.717, 1.165) is 12.1 Å². The lowest BCUT2D eigenvalue weighted by molar-refractivity contribution is 0.0277. The van der Waals surface area contributed by atoms with Crippen molar-refractivity contribution in [3.63, 3.8) is 0 Å². The highest BCUT2D eigenvalue weighted by molar-refractivity contribution is 5.25. The Morgan fingerprint density at radius 1 is 1.27 bits per heavy atom. The van der Waals surface area contributed by atoms with Gasteiger partial charge in [-0.25, -0.2) is 8.78 Å². The first-order valence-corrected chi connectivity index (χ1v) is 5.01. The Labute approximate surface area is 88.7 Å². The van der Waals surface area contributed by atoms with E-state index in [1.807, 2.05) is 13.8 Å². The van der Waals surface area contributed by atoms with Crippen LogP contribution in [0.1, 0.15) is 32.8 Å². The third kappa shape index (κ3) is 2.75. The van der Waals surface area contributed by atoms with Crippen molar-refractivity contribution in [2.75, 3.05) is 0 Å². The van der Waals surface area contributed by atoms with Gasteiger partial charge in [-0.3, -0.25) is 0 Å². The summed E-state index contributed by atoms with van der Waals surface area (Å²) in [5.41, 5.74) is -1.69. The molecule has 0 heterocycles. The van der Waals surface area contributed by atoms with Crippen molar-refractivity contribution in [3.05, 3.63) is 35.4 Å². The van der Waals surface area contributed by atoms with Crippen LogP contribution >= 0.6 is 0 Å². The minimum atomic E-state index is -1.45. The van der Waals surface area contributed by atoms with Gasteiger partial charge in [0.25, 0.3) is 0 Å². The maximum Gasteiger partial charge on any atom is 0.132 e. The highest BCUT2D eigenvalue weighted by atomic mass is 19.1. The van der Waals surface area contributed by atoms with Crippen LogP contribution in [-0.4, -0.2) is 5.11 Å². The zero-order valence-corrected chi connectivity index (χ0v) is 9.22. The lowest BCUT2D eigenvalue weighted by atomic mass is 9.87. The smallest absolute Gasteiger partial charge is 0.132 e. The molecule has 0 spiro atoms. The first kappa shape index (κ1) is 12.1. The number of halogens is 2. The Hall–Kier alpha value is -0.960. The molecule has 0 bridgehead atoms. The van der Waals surface area contributed by atoms with Crippen LogP contribution in [0, 0.1) is 17.6 Å². The van der Waals surface area contributed by atoms with Crippen LogP contribution in [0.25, 0.3) is 0 Å². The molecule has 1 nitrogen and oxygen atoms in total. The summed E-state index contributed by atoms with van der Waals surface area (Å²) in [6.07, 6.45) is 0.324. The Kier molecular flexibility index (Phi) is 3.45. The zero-order valence-electron chi connectivity index (χ0n) is 9.22. The molecule has 84 valence electrons. The predicted molar refractivity (Wildman–Crippen MR) is 55.4 cm³/mol. The SMILES string of the molecule is CC(C)CC(C)(O)c1c(F)cccc1F. The van der Waals surface area contributed by atoms with Gasteiger partial charge in [-0.1, -0.05) is 19.9 Å². The summed E-state index contributed by atoms with van der Waals surface area (Å²) in [4.78, 5) is 0. The Balaban J connectivity index is 3.14. The lowest BCUT2D eigenvalue weighted by Crippen LogP contribution is -2.26. The Morgan fingerprint density at radius 2 is 1.73 bits per heavy atom. The highest BCUT2D eigenvalue weighted by Crippen LogP contribution is 2.31. The predicted octanol–water partition coefficient (Wildman–Crippen LogP) is 3.22. The van der Waals surface area contributed by atoms with Gasteiger partial charge in [-0.2, -0.15) is 0 Å². The fourth-order valence-corrected chi connectivity index (χ4v) is 1.91. The molecular formula is C12H16F2O. The van der Waals surface area contributed by atoms with E-state index >= 15 is 0 Å². The van der Waals surface area contributed by atoms with Gasteiger partial charge in [0.05, 0.1) is 11.2 Å². The first-order valence-electron chi connectivity index (χ1n) is 5.01. The molecule has 1 aromatic rings. The number of hydrogen-bond acceptors (Lipinski definition) is 1. The molecule has 0 radical (unpaired) electrons. The second kappa shape index (κ2) is 4.27. The van der Waals surface area contributed by atoms with E-state index in [-0.39, 0.29) is 11.5 Å². The zero-order chi connectivity index (χ0) is 11.6. The molecule has 0 saturated heterocycles. The maximum atomic E-state index is 13.4. The summed E-state index contributed by atoms with van der Waals surface area (Å²) < 4.78 is 26.8. The molecule has 1 N–H and O–H groups in total. The van der Waals surface area contributed by atoms with Crippen molar-refractivity contribution >= 4 is 0 Å². The van der Waals surface area contributed by atoms with Gasteiger partial charge in [0.2, 0.25) is 0 Å². The molecule has 0 saturated carbocycles. The largest absolute Gasteiger partial charge is 0.385 e. The summed E-state index contributed by atoms with van der Waals surface area (Å²) in [6.45, 7) is 5.23. The molecule has 0 aliphatic heterocycles. The molecule has 0 fully saturated rings. The van der Waals surface area contributed by atoms with E-state index < -0.39 is 17.2 Å². The molecule has 0 amide bonds. The van der Waals surface area contributed by atoms with Gasteiger partial charge in [0, 0.05) is 0 Å². The van der Waals surface area contributed by atoms with Gasteiger partial charge < -0.3 is 5.11 Å². The van der Waals surface area contributed by atoms with Gasteiger partial charge in [0.1, 0.15) is 11.6 Å². The minimum absolute atomic E-state index is 0.166. The van der Waals surface area contributed by atoms with E-state index in [9.17, 15) is 13.9 Å². The number of benzene rings is 1. The monoisotopic (exact) mass is 214 g/mol. The van der Waals surface area contributed by atoms with Crippen LogP contribution < -0.4 is 0 Å². The number of rotatable bonds is 3. The van der Waals surface area contributed by atoms with E-state index in [0.29, 0.717) is 6.42 Å². The fraction of sp³-hybridized carbons (Fsp3) is 0.500. The molecule has 3 heteroatoms. The average Bonchev–Trinajstić information content (AvgIpc) is 1.99. The van der Waals surface area contributed by atoms with Crippen molar-refractivity contribution in [2.24, 2.45) is 5.92 Å². The summed E-state index contributed by atoms with van der Waals surface area (Å²) >= 11 is 0. The molecule has 1 rings (SSSR count). The standard InChI is InChI=1S/C12H16F2O/c1-8(2)7-12(3,15)11-9(13)5-4-6-10(11)14/h4-6,8,15H,7H2,1-3H3. The van der Waals surface area contributed by atoms with Crippen LogP contribution in [-0.2, 0) is 5.60 Å². The first-order chi connectivity index (χ1) is 6.84. The van der Waals surface area contributed by atoms with Crippen LogP contribution in [0.5, 0.6) is 0 Å². The normalized spacial score (nSPS) is 15.4. The van der Waals surface area contributed by atoms with E-state index in [4.69, 9.17) is 0 Å². The summed E-state index contributed by atoms with van der Waals surface area (Å²) in [5, 5.41) is 10.0. The van der Waals surface area contributed by atoms with Crippen LogP contribution in [0.15, 0.2) is 18.2 Å². The van der Waals surface area contributed by atoms with Gasteiger partial charge in [0.15, 0.2) is 0 Å². The molecule has 0 aliphatic carbocycles. The molecular weight excluding hydrogens is 198 g/mol.